The van der Waals surface area contributed by atoms with E-state index in [1.807, 2.05) is 26.0 Å². The van der Waals surface area contributed by atoms with Crippen LogP contribution in [0.25, 0.3) is 0 Å². The number of hydrogen-bond donors (Lipinski definition) is 1. The highest BCUT2D eigenvalue weighted by Crippen LogP contribution is 2.33. The highest BCUT2D eigenvalue weighted by Gasteiger charge is 2.20. The van der Waals surface area contributed by atoms with Gasteiger partial charge in [0.2, 0.25) is 0 Å². The van der Waals surface area contributed by atoms with E-state index in [2.05, 4.69) is 11.0 Å². The van der Waals surface area contributed by atoms with Gasteiger partial charge in [0.1, 0.15) is 0 Å². The molecule has 1 aliphatic heterocycles. The summed E-state index contributed by atoms with van der Waals surface area (Å²) in [6.45, 7) is 7.18. The fourth-order valence-electron chi connectivity index (χ4n) is 2.26. The fourth-order valence-corrected chi connectivity index (χ4v) is 2.26. The van der Waals surface area contributed by atoms with Crippen LogP contribution in [0.1, 0.15) is 20.3 Å². The summed E-state index contributed by atoms with van der Waals surface area (Å²) in [6.07, 6.45) is 1.05. The third-order valence-electron chi connectivity index (χ3n) is 3.12. The number of hydrogen-bond acceptors (Lipinski definition) is 4. The minimum absolute atomic E-state index is 0.284. The van der Waals surface area contributed by atoms with Crippen LogP contribution in [0.5, 0.6) is 11.5 Å². The molecule has 100 valence electrons. The molecule has 1 unspecified atom stereocenters. The molecule has 0 saturated carbocycles. The number of nitrogens with zero attached hydrogens (tertiary/aromatic N) is 1. The quantitative estimate of drug-likeness (QED) is 0.868. The third kappa shape index (κ3) is 2.88. The predicted molar refractivity (Wildman–Crippen MR) is 73.6 cm³/mol. The second kappa shape index (κ2) is 5.96. The summed E-state index contributed by atoms with van der Waals surface area (Å²) in [4.78, 5) is 2.29. The van der Waals surface area contributed by atoms with Crippen molar-refractivity contribution >= 4 is 5.69 Å². The van der Waals surface area contributed by atoms with Gasteiger partial charge in [0, 0.05) is 30.9 Å². The topological polar surface area (TPSA) is 47.7 Å². The summed E-state index contributed by atoms with van der Waals surface area (Å²) in [5.74, 6) is 1.63. The Bertz CT molecular complexity index is 395. The molecule has 0 amide bonds. The lowest BCUT2D eigenvalue weighted by molar-refractivity contribution is 0.288. The summed E-state index contributed by atoms with van der Waals surface area (Å²) < 4.78 is 11.2. The van der Waals surface area contributed by atoms with E-state index in [0.29, 0.717) is 13.2 Å². The van der Waals surface area contributed by atoms with Gasteiger partial charge in [-0.2, -0.15) is 0 Å². The Hall–Kier alpha value is -1.42. The molecule has 18 heavy (non-hydrogen) atoms. The summed E-state index contributed by atoms with van der Waals surface area (Å²) in [5.41, 5.74) is 7.10. The van der Waals surface area contributed by atoms with Crippen LogP contribution in [0.15, 0.2) is 18.2 Å². The molecule has 0 bridgehead atoms. The van der Waals surface area contributed by atoms with Gasteiger partial charge in [-0.25, -0.2) is 0 Å². The first kappa shape index (κ1) is 13.0. The van der Waals surface area contributed by atoms with Crippen molar-refractivity contribution in [3.8, 4) is 11.5 Å². The molecule has 4 nitrogen and oxygen atoms in total. The van der Waals surface area contributed by atoms with Crippen molar-refractivity contribution in [3.05, 3.63) is 18.2 Å². The Morgan fingerprint density at radius 1 is 1.22 bits per heavy atom. The molecule has 1 aromatic carbocycles. The molecule has 0 aliphatic carbocycles. The predicted octanol–water partition coefficient (Wildman–Crippen LogP) is 2.02. The van der Waals surface area contributed by atoms with Crippen LogP contribution < -0.4 is 20.1 Å². The zero-order chi connectivity index (χ0) is 13.0. The lowest BCUT2D eigenvalue weighted by Gasteiger charge is -2.20. The lowest BCUT2D eigenvalue weighted by Crippen LogP contribution is -2.26. The van der Waals surface area contributed by atoms with Gasteiger partial charge in [0.05, 0.1) is 13.2 Å². The minimum Gasteiger partial charge on any atom is -0.490 e. The maximum atomic E-state index is 5.94. The zero-order valence-corrected chi connectivity index (χ0v) is 11.2. The van der Waals surface area contributed by atoms with Gasteiger partial charge in [0.25, 0.3) is 0 Å². The Balaban J connectivity index is 2.19. The summed E-state index contributed by atoms with van der Waals surface area (Å²) in [5, 5.41) is 0. The Morgan fingerprint density at radius 2 is 1.94 bits per heavy atom. The molecule has 4 heteroatoms. The first-order valence-corrected chi connectivity index (χ1v) is 6.64. The van der Waals surface area contributed by atoms with Gasteiger partial charge in [0.15, 0.2) is 11.5 Å². The van der Waals surface area contributed by atoms with Crippen LogP contribution in [0.4, 0.5) is 5.69 Å². The first-order valence-electron chi connectivity index (χ1n) is 6.64. The van der Waals surface area contributed by atoms with Crippen molar-refractivity contribution in [2.75, 3.05) is 31.2 Å². The summed E-state index contributed by atoms with van der Waals surface area (Å²) in [6, 6.07) is 6.39. The molecule has 0 radical (unpaired) electrons. The van der Waals surface area contributed by atoms with E-state index >= 15 is 0 Å². The molecular weight excluding hydrogens is 228 g/mol. The van der Waals surface area contributed by atoms with E-state index < -0.39 is 0 Å². The molecule has 2 N–H and O–H groups in total. The third-order valence-corrected chi connectivity index (χ3v) is 3.12. The van der Waals surface area contributed by atoms with Crippen molar-refractivity contribution < 1.29 is 9.47 Å². The van der Waals surface area contributed by atoms with Gasteiger partial charge in [-0.3, -0.25) is 0 Å². The van der Waals surface area contributed by atoms with Crippen LogP contribution in [-0.4, -0.2) is 32.3 Å². The van der Waals surface area contributed by atoms with Crippen molar-refractivity contribution in [2.24, 2.45) is 5.73 Å². The molecule has 1 heterocycles. The standard InChI is InChI=1S/C14H22N2O2/c1-3-17-13-6-5-12(9-14(13)18-4-2)16-8-7-11(15)10-16/h5-6,9,11H,3-4,7-8,10,15H2,1-2H3. The molecule has 1 atom stereocenters. The molecule has 1 aromatic rings. The maximum Gasteiger partial charge on any atom is 0.163 e. The van der Waals surface area contributed by atoms with Gasteiger partial charge in [-0.05, 0) is 32.4 Å². The molecule has 0 aromatic heterocycles. The second-order valence-electron chi connectivity index (χ2n) is 4.49. The summed E-state index contributed by atoms with van der Waals surface area (Å²) >= 11 is 0. The van der Waals surface area contributed by atoms with E-state index in [1.165, 1.54) is 0 Å². The molecule has 2 rings (SSSR count). The van der Waals surface area contributed by atoms with Crippen LogP contribution in [-0.2, 0) is 0 Å². The number of benzene rings is 1. The molecule has 1 aliphatic rings. The van der Waals surface area contributed by atoms with E-state index in [-0.39, 0.29) is 6.04 Å². The normalized spacial score (nSPS) is 19.1. The van der Waals surface area contributed by atoms with E-state index in [4.69, 9.17) is 15.2 Å². The second-order valence-corrected chi connectivity index (χ2v) is 4.49. The van der Waals surface area contributed by atoms with Gasteiger partial charge in [-0.15, -0.1) is 0 Å². The van der Waals surface area contributed by atoms with Crippen LogP contribution in [0, 0.1) is 0 Å². The van der Waals surface area contributed by atoms with Crippen LogP contribution >= 0.6 is 0 Å². The zero-order valence-electron chi connectivity index (χ0n) is 11.2. The monoisotopic (exact) mass is 250 g/mol. The van der Waals surface area contributed by atoms with Crippen molar-refractivity contribution in [1.82, 2.24) is 0 Å². The van der Waals surface area contributed by atoms with Crippen LogP contribution in [0.3, 0.4) is 0 Å². The Morgan fingerprint density at radius 3 is 2.56 bits per heavy atom. The number of rotatable bonds is 5. The highest BCUT2D eigenvalue weighted by atomic mass is 16.5. The van der Waals surface area contributed by atoms with Crippen molar-refractivity contribution in [1.29, 1.82) is 0 Å². The fraction of sp³-hybridized carbons (Fsp3) is 0.571. The van der Waals surface area contributed by atoms with Crippen molar-refractivity contribution in [3.63, 3.8) is 0 Å². The number of anilines is 1. The number of ether oxygens (including phenoxy) is 2. The van der Waals surface area contributed by atoms with E-state index in [9.17, 15) is 0 Å². The van der Waals surface area contributed by atoms with Gasteiger partial charge < -0.3 is 20.1 Å². The lowest BCUT2D eigenvalue weighted by atomic mass is 10.2. The first-order chi connectivity index (χ1) is 8.74. The maximum absolute atomic E-state index is 5.94. The SMILES string of the molecule is CCOc1ccc(N2CCC(N)C2)cc1OCC. The summed E-state index contributed by atoms with van der Waals surface area (Å²) in [7, 11) is 0. The molecular formula is C14H22N2O2. The molecule has 1 fully saturated rings. The smallest absolute Gasteiger partial charge is 0.163 e. The van der Waals surface area contributed by atoms with E-state index in [1.54, 1.807) is 0 Å². The highest BCUT2D eigenvalue weighted by molar-refractivity contribution is 5.57. The van der Waals surface area contributed by atoms with E-state index in [0.717, 1.165) is 36.7 Å². The van der Waals surface area contributed by atoms with Crippen molar-refractivity contribution in [2.45, 2.75) is 26.3 Å². The minimum atomic E-state index is 0.284. The Kier molecular flexibility index (Phi) is 4.31. The Labute approximate surface area is 109 Å². The van der Waals surface area contributed by atoms with Gasteiger partial charge in [-0.1, -0.05) is 0 Å². The number of nitrogens with two attached hydrogens (primary N) is 1. The van der Waals surface area contributed by atoms with Crippen LogP contribution in [0.2, 0.25) is 0 Å². The largest absolute Gasteiger partial charge is 0.490 e. The average Bonchev–Trinajstić information content (AvgIpc) is 2.79. The molecule has 0 spiro atoms. The van der Waals surface area contributed by atoms with Gasteiger partial charge >= 0.3 is 0 Å². The molecule has 1 saturated heterocycles. The average molecular weight is 250 g/mol.